The third-order valence-corrected chi connectivity index (χ3v) is 5.27. The summed E-state index contributed by atoms with van der Waals surface area (Å²) in [5, 5.41) is 0. The Balaban J connectivity index is 1.72. The van der Waals surface area contributed by atoms with Crippen LogP contribution in [0.1, 0.15) is 6.42 Å². The Labute approximate surface area is 213 Å². The molecule has 0 saturated heterocycles. The van der Waals surface area contributed by atoms with E-state index in [0.717, 1.165) is 18.4 Å². The number of nitrogens with one attached hydrogen (secondary N) is 1. The van der Waals surface area contributed by atoms with Crippen LogP contribution in [0.25, 0.3) is 11.1 Å². The standard InChI is InChI=1S/C26H24F3N3O4S/c1-3-21(26(27,28)29)10-5-4-6-14-35-22-11-7-9-19(15-22)20-16-24(32-37(2,33)34)25(31-17-20)36-23-12-8-13-30-18-23/h3-5,7-13,15-18,32H,1,6,14H2,2H3/b5-4-,21-10+. The fraction of sp³-hybridized carbons (Fsp3) is 0.154. The number of hydrogen-bond donors (Lipinski definition) is 1. The van der Waals surface area contributed by atoms with Crippen LogP contribution in [0.5, 0.6) is 17.4 Å². The largest absolute Gasteiger partial charge is 0.493 e. The van der Waals surface area contributed by atoms with Gasteiger partial charge in [0, 0.05) is 18.0 Å². The van der Waals surface area contributed by atoms with E-state index in [0.29, 0.717) is 29.0 Å². The average molecular weight is 532 g/mol. The van der Waals surface area contributed by atoms with Crippen molar-refractivity contribution in [3.8, 4) is 28.5 Å². The van der Waals surface area contributed by atoms with Gasteiger partial charge < -0.3 is 9.47 Å². The maximum Gasteiger partial charge on any atom is 0.416 e. The minimum absolute atomic E-state index is 0.0561. The van der Waals surface area contributed by atoms with Crippen LogP contribution in [0.4, 0.5) is 18.9 Å². The van der Waals surface area contributed by atoms with Gasteiger partial charge in [-0.25, -0.2) is 13.4 Å². The Kier molecular flexibility index (Phi) is 9.07. The van der Waals surface area contributed by atoms with Crippen molar-refractivity contribution in [1.82, 2.24) is 9.97 Å². The second-order valence-corrected chi connectivity index (χ2v) is 9.41. The summed E-state index contributed by atoms with van der Waals surface area (Å²) in [7, 11) is -3.62. The number of pyridine rings is 2. The first-order chi connectivity index (χ1) is 17.5. The van der Waals surface area contributed by atoms with E-state index >= 15 is 0 Å². The fourth-order valence-electron chi connectivity index (χ4n) is 3.04. The van der Waals surface area contributed by atoms with Gasteiger partial charge in [0.25, 0.3) is 0 Å². The smallest absolute Gasteiger partial charge is 0.416 e. The number of nitrogens with zero attached hydrogens (tertiary/aromatic N) is 2. The molecule has 2 heterocycles. The average Bonchev–Trinajstić information content (AvgIpc) is 2.84. The van der Waals surface area contributed by atoms with Gasteiger partial charge in [0.2, 0.25) is 15.9 Å². The van der Waals surface area contributed by atoms with Crippen LogP contribution in [0.3, 0.4) is 0 Å². The van der Waals surface area contributed by atoms with E-state index in [9.17, 15) is 21.6 Å². The molecular formula is C26H24F3N3O4S. The molecule has 0 unspecified atom stereocenters. The second kappa shape index (κ2) is 12.2. The van der Waals surface area contributed by atoms with Gasteiger partial charge >= 0.3 is 6.18 Å². The predicted octanol–water partition coefficient (Wildman–Crippen LogP) is 6.31. The maximum absolute atomic E-state index is 12.7. The van der Waals surface area contributed by atoms with E-state index in [1.165, 1.54) is 18.5 Å². The molecule has 0 bridgehead atoms. The number of ether oxygens (including phenoxy) is 2. The molecule has 2 aromatic heterocycles. The van der Waals surface area contributed by atoms with Crippen LogP contribution in [0.2, 0.25) is 0 Å². The van der Waals surface area contributed by atoms with Gasteiger partial charge in [-0.2, -0.15) is 13.2 Å². The summed E-state index contributed by atoms with van der Waals surface area (Å²) in [5.74, 6) is 0.968. The molecule has 11 heteroatoms. The lowest BCUT2D eigenvalue weighted by Gasteiger charge is -2.13. The Bertz CT molecular complexity index is 1390. The zero-order chi connectivity index (χ0) is 26.9. The van der Waals surface area contributed by atoms with Crippen molar-refractivity contribution < 1.29 is 31.1 Å². The van der Waals surface area contributed by atoms with E-state index < -0.39 is 21.8 Å². The van der Waals surface area contributed by atoms with Gasteiger partial charge in [0.1, 0.15) is 17.2 Å². The summed E-state index contributed by atoms with van der Waals surface area (Å²) in [5.41, 5.74) is 0.622. The quantitative estimate of drug-likeness (QED) is 0.230. The molecule has 0 amide bonds. The van der Waals surface area contributed by atoms with Crippen LogP contribution in [0, 0.1) is 0 Å². The topological polar surface area (TPSA) is 90.4 Å². The van der Waals surface area contributed by atoms with Crippen molar-refractivity contribution in [2.75, 3.05) is 17.6 Å². The number of benzene rings is 1. The Morgan fingerprint density at radius 3 is 2.57 bits per heavy atom. The molecule has 1 aromatic carbocycles. The first-order valence-electron chi connectivity index (χ1n) is 10.9. The highest BCUT2D eigenvalue weighted by Crippen LogP contribution is 2.33. The van der Waals surface area contributed by atoms with Gasteiger partial charge in [-0.1, -0.05) is 43.0 Å². The number of anilines is 1. The van der Waals surface area contributed by atoms with E-state index in [1.54, 1.807) is 54.7 Å². The van der Waals surface area contributed by atoms with Crippen LogP contribution in [-0.2, 0) is 10.0 Å². The monoisotopic (exact) mass is 531 g/mol. The molecule has 0 radical (unpaired) electrons. The molecule has 0 aliphatic carbocycles. The highest BCUT2D eigenvalue weighted by atomic mass is 32.2. The molecule has 0 spiro atoms. The zero-order valence-electron chi connectivity index (χ0n) is 19.8. The van der Waals surface area contributed by atoms with Gasteiger partial charge in [-0.3, -0.25) is 9.71 Å². The number of allylic oxidation sites excluding steroid dienone is 4. The number of hydrogen-bond acceptors (Lipinski definition) is 6. The van der Waals surface area contributed by atoms with Gasteiger partial charge in [-0.05, 0) is 42.3 Å². The number of halogens is 3. The summed E-state index contributed by atoms with van der Waals surface area (Å²) < 4.78 is 75.7. The van der Waals surface area contributed by atoms with Crippen LogP contribution in [-0.4, -0.2) is 37.4 Å². The van der Waals surface area contributed by atoms with Crippen molar-refractivity contribution in [2.45, 2.75) is 12.6 Å². The summed E-state index contributed by atoms with van der Waals surface area (Å²) in [6, 6.07) is 12.0. The molecule has 1 N–H and O–H groups in total. The fourth-order valence-corrected chi connectivity index (χ4v) is 3.59. The lowest BCUT2D eigenvalue weighted by molar-refractivity contribution is -0.0881. The third kappa shape index (κ3) is 8.80. The maximum atomic E-state index is 12.7. The first-order valence-corrected chi connectivity index (χ1v) is 12.8. The van der Waals surface area contributed by atoms with Crippen molar-refractivity contribution in [3.05, 3.63) is 97.5 Å². The third-order valence-electron chi connectivity index (χ3n) is 4.68. The van der Waals surface area contributed by atoms with Gasteiger partial charge in [0.05, 0.1) is 24.6 Å². The molecule has 3 rings (SSSR count). The van der Waals surface area contributed by atoms with Crippen LogP contribution >= 0.6 is 0 Å². The molecular weight excluding hydrogens is 507 g/mol. The molecule has 0 atom stereocenters. The Morgan fingerprint density at radius 1 is 1.11 bits per heavy atom. The summed E-state index contributed by atoms with van der Waals surface area (Å²) in [6.45, 7) is 3.40. The number of aromatic nitrogens is 2. The SMILES string of the molecule is C=C/C(=C\C=C/CCOc1cccc(-c2cnc(Oc3cccnc3)c(NS(C)(=O)=O)c2)c1)C(F)(F)F. The molecule has 0 aliphatic rings. The van der Waals surface area contributed by atoms with E-state index in [1.807, 2.05) is 0 Å². The summed E-state index contributed by atoms with van der Waals surface area (Å²) >= 11 is 0. The zero-order valence-corrected chi connectivity index (χ0v) is 20.6. The normalized spacial score (nSPS) is 12.4. The lowest BCUT2D eigenvalue weighted by atomic mass is 10.1. The minimum atomic E-state index is -4.45. The molecule has 194 valence electrons. The second-order valence-electron chi connectivity index (χ2n) is 7.66. The van der Waals surface area contributed by atoms with Crippen molar-refractivity contribution in [3.63, 3.8) is 0 Å². The van der Waals surface area contributed by atoms with E-state index in [4.69, 9.17) is 9.47 Å². The van der Waals surface area contributed by atoms with E-state index in [-0.39, 0.29) is 18.2 Å². The minimum Gasteiger partial charge on any atom is -0.493 e. The number of rotatable bonds is 11. The number of alkyl halides is 3. The van der Waals surface area contributed by atoms with Crippen molar-refractivity contribution in [2.24, 2.45) is 0 Å². The van der Waals surface area contributed by atoms with E-state index in [2.05, 4.69) is 21.3 Å². The molecule has 7 nitrogen and oxygen atoms in total. The summed E-state index contributed by atoms with van der Waals surface area (Å²) in [6.07, 6.45) is 6.12. The van der Waals surface area contributed by atoms with Gasteiger partial charge in [-0.15, -0.1) is 0 Å². The molecule has 0 saturated carbocycles. The molecule has 0 aliphatic heterocycles. The van der Waals surface area contributed by atoms with Crippen LogP contribution in [0.15, 0.2) is 97.5 Å². The van der Waals surface area contributed by atoms with Crippen molar-refractivity contribution in [1.29, 1.82) is 0 Å². The lowest BCUT2D eigenvalue weighted by Crippen LogP contribution is -2.11. The van der Waals surface area contributed by atoms with Crippen molar-refractivity contribution >= 4 is 15.7 Å². The Morgan fingerprint density at radius 2 is 1.89 bits per heavy atom. The number of sulfonamides is 1. The van der Waals surface area contributed by atoms with Crippen LogP contribution < -0.4 is 14.2 Å². The molecule has 0 fully saturated rings. The Hall–Kier alpha value is -4.12. The summed E-state index contributed by atoms with van der Waals surface area (Å²) in [4.78, 5) is 8.24. The highest BCUT2D eigenvalue weighted by Gasteiger charge is 2.30. The predicted molar refractivity (Wildman–Crippen MR) is 136 cm³/mol. The van der Waals surface area contributed by atoms with Gasteiger partial charge in [0.15, 0.2) is 0 Å². The first kappa shape index (κ1) is 27.5. The molecule has 37 heavy (non-hydrogen) atoms. The highest BCUT2D eigenvalue weighted by molar-refractivity contribution is 7.92. The molecule has 3 aromatic rings.